The van der Waals surface area contributed by atoms with Crippen molar-refractivity contribution in [2.75, 3.05) is 47.0 Å². The van der Waals surface area contributed by atoms with Crippen LogP contribution in [0.15, 0.2) is 36.4 Å². The molecule has 2 fully saturated rings. The van der Waals surface area contributed by atoms with Crippen molar-refractivity contribution in [1.29, 1.82) is 0 Å². The van der Waals surface area contributed by atoms with Gasteiger partial charge in [-0.2, -0.15) is 0 Å². The molecule has 2 aromatic rings. The van der Waals surface area contributed by atoms with Crippen LogP contribution in [0.5, 0.6) is 17.2 Å². The van der Waals surface area contributed by atoms with Gasteiger partial charge in [0.05, 0.1) is 20.3 Å². The van der Waals surface area contributed by atoms with Gasteiger partial charge in [-0.1, -0.05) is 44.4 Å². The lowest BCUT2D eigenvalue weighted by molar-refractivity contribution is -0.125. The summed E-state index contributed by atoms with van der Waals surface area (Å²) in [7, 11) is 3.28. The Morgan fingerprint density at radius 1 is 1.09 bits per heavy atom. The molecule has 240 valence electrons. The molecule has 3 aliphatic rings. The van der Waals surface area contributed by atoms with Crippen molar-refractivity contribution in [3.8, 4) is 17.2 Å². The second-order valence-electron chi connectivity index (χ2n) is 11.6. The molecular weight excluding hydrogens is 566 g/mol. The van der Waals surface area contributed by atoms with Crippen LogP contribution in [0.2, 0.25) is 0 Å². The Bertz CT molecular complexity index is 1290. The molecule has 1 saturated heterocycles. The molecule has 3 amide bonds. The van der Waals surface area contributed by atoms with Crippen molar-refractivity contribution in [2.24, 2.45) is 5.92 Å². The number of urea groups is 1. The number of carboxylic acid groups (broad SMARTS) is 2. The van der Waals surface area contributed by atoms with Crippen LogP contribution in [0.1, 0.15) is 68.2 Å². The Morgan fingerprint density at radius 2 is 1.84 bits per heavy atom. The normalized spacial score (nSPS) is 17.2. The molecule has 0 aromatic heterocycles. The van der Waals surface area contributed by atoms with Crippen LogP contribution in [-0.4, -0.2) is 90.0 Å². The topological polar surface area (TPSA) is 129 Å². The van der Waals surface area contributed by atoms with Gasteiger partial charge in [-0.3, -0.25) is 14.6 Å². The predicted molar refractivity (Wildman–Crippen MR) is 165 cm³/mol. The lowest BCUT2D eigenvalue weighted by Crippen LogP contribution is -2.35. The third-order valence-electron chi connectivity index (χ3n) is 8.56. The Hall–Kier alpha value is -3.99. The Kier molecular flexibility index (Phi) is 11.7. The average molecular weight is 612 g/mol. The summed E-state index contributed by atoms with van der Waals surface area (Å²) in [6, 6.07) is 12.9. The molecule has 44 heavy (non-hydrogen) atoms. The highest BCUT2D eigenvalue weighted by atomic mass is 16.6. The molecule has 0 spiro atoms. The van der Waals surface area contributed by atoms with E-state index in [9.17, 15) is 9.59 Å². The number of amides is 3. The fraction of sp³-hybridized carbons (Fsp3) is 0.545. The number of methoxy groups -OCH3 is 1. The van der Waals surface area contributed by atoms with Crippen LogP contribution in [0.3, 0.4) is 0 Å². The summed E-state index contributed by atoms with van der Waals surface area (Å²) in [5, 5.41) is 13.9. The molecule has 11 nitrogen and oxygen atoms in total. The van der Waals surface area contributed by atoms with E-state index >= 15 is 0 Å². The van der Waals surface area contributed by atoms with Crippen LogP contribution in [0, 0.1) is 5.92 Å². The van der Waals surface area contributed by atoms with E-state index in [1.165, 1.54) is 58.6 Å². The number of carbonyl (C=O) groups is 3. The number of hydrogen-bond donors (Lipinski definition) is 2. The number of likely N-dealkylation sites (N-methyl/N-ethyl adjacent to an activating group) is 1. The van der Waals surface area contributed by atoms with E-state index in [1.807, 2.05) is 6.07 Å². The van der Waals surface area contributed by atoms with Crippen molar-refractivity contribution in [3.05, 3.63) is 53.1 Å². The zero-order valence-corrected chi connectivity index (χ0v) is 26.0. The quantitative estimate of drug-likeness (QED) is 0.292. The van der Waals surface area contributed by atoms with Crippen molar-refractivity contribution in [2.45, 2.75) is 64.5 Å². The Morgan fingerprint density at radius 3 is 2.50 bits per heavy atom. The molecule has 1 saturated carbocycles. The van der Waals surface area contributed by atoms with Gasteiger partial charge in [0.25, 0.3) is 0 Å². The van der Waals surface area contributed by atoms with Gasteiger partial charge in [0.1, 0.15) is 18.9 Å². The number of rotatable bonds is 12. The zero-order valence-electron chi connectivity index (χ0n) is 26.0. The van der Waals surface area contributed by atoms with E-state index in [1.54, 1.807) is 14.2 Å². The van der Waals surface area contributed by atoms with Crippen molar-refractivity contribution in [1.82, 2.24) is 14.7 Å². The zero-order chi connectivity index (χ0) is 31.6. The minimum Gasteiger partial charge on any atom is -0.493 e. The number of nitrogens with zero attached hydrogens (tertiary/aromatic N) is 3. The highest BCUT2D eigenvalue weighted by Gasteiger charge is 2.33. The molecule has 1 unspecified atom stereocenters. The van der Waals surface area contributed by atoms with E-state index in [4.69, 9.17) is 29.2 Å². The number of hydrogen-bond acceptors (Lipinski definition) is 7. The average Bonchev–Trinajstić information content (AvgIpc) is 3.57. The standard InChI is InChI=1S/C32H43N3O5.CH2O3/c1-4-27(25-11-13-28-26(19-25)14-16-39-28)34(20-23-8-6-5-7-9-23)21-24-10-12-29(30(18-24)38-3)40-17-15-35-31(36)22-33(2)32(35)37;2-1(3)4/h10-13,18-19,23,27H,4-9,14-17,20-22H2,1-3H3;(H2,2,3,4). The van der Waals surface area contributed by atoms with Crippen molar-refractivity contribution < 1.29 is 38.8 Å². The molecule has 0 bridgehead atoms. The minimum absolute atomic E-state index is 0.117. The van der Waals surface area contributed by atoms with E-state index in [0.717, 1.165) is 44.2 Å². The summed E-state index contributed by atoms with van der Waals surface area (Å²) in [5.41, 5.74) is 3.86. The predicted octanol–water partition coefficient (Wildman–Crippen LogP) is 5.66. The monoisotopic (exact) mass is 611 g/mol. The number of imide groups is 1. The van der Waals surface area contributed by atoms with Crippen LogP contribution in [-0.2, 0) is 17.8 Å². The van der Waals surface area contributed by atoms with E-state index < -0.39 is 6.16 Å². The smallest absolute Gasteiger partial charge is 0.493 e. The molecule has 11 heteroatoms. The van der Waals surface area contributed by atoms with Crippen LogP contribution in [0.4, 0.5) is 9.59 Å². The first-order chi connectivity index (χ1) is 21.2. The van der Waals surface area contributed by atoms with Gasteiger partial charge in [0, 0.05) is 32.6 Å². The van der Waals surface area contributed by atoms with E-state index in [0.29, 0.717) is 17.5 Å². The molecule has 5 rings (SSSR count). The highest BCUT2D eigenvalue weighted by molar-refractivity contribution is 6.01. The molecule has 1 atom stereocenters. The maximum Gasteiger partial charge on any atom is 0.503 e. The van der Waals surface area contributed by atoms with Gasteiger partial charge in [-0.05, 0) is 60.1 Å². The lowest BCUT2D eigenvalue weighted by Gasteiger charge is -2.36. The first kappa shape index (κ1) is 32.9. The first-order valence-corrected chi connectivity index (χ1v) is 15.5. The van der Waals surface area contributed by atoms with Crippen molar-refractivity contribution >= 4 is 18.1 Å². The third kappa shape index (κ3) is 8.56. The van der Waals surface area contributed by atoms with Gasteiger partial charge < -0.3 is 29.3 Å². The highest BCUT2D eigenvalue weighted by Crippen LogP contribution is 2.36. The second kappa shape index (κ2) is 15.7. The Balaban J connectivity index is 0.00000104. The first-order valence-electron chi connectivity index (χ1n) is 15.5. The molecule has 2 heterocycles. The summed E-state index contributed by atoms with van der Waals surface area (Å²) < 4.78 is 17.5. The SMILES string of the molecule is CCC(c1ccc2c(c1)CCO2)N(Cc1ccc(OCCN2C(=O)CN(C)C2=O)c(OC)c1)CC1CCCCC1.O=C(O)O. The Labute approximate surface area is 259 Å². The summed E-state index contributed by atoms with van der Waals surface area (Å²) in [6.07, 6.45) is 6.81. The van der Waals surface area contributed by atoms with Crippen LogP contribution >= 0.6 is 0 Å². The van der Waals surface area contributed by atoms with Gasteiger partial charge in [0.15, 0.2) is 11.5 Å². The molecule has 2 aromatic carbocycles. The van der Waals surface area contributed by atoms with E-state index in [-0.39, 0.29) is 31.6 Å². The third-order valence-corrected chi connectivity index (χ3v) is 8.56. The maximum absolute atomic E-state index is 12.1. The summed E-state index contributed by atoms with van der Waals surface area (Å²) in [4.78, 5) is 38.1. The summed E-state index contributed by atoms with van der Waals surface area (Å²) >= 11 is 0. The molecule has 0 radical (unpaired) electrons. The van der Waals surface area contributed by atoms with Crippen LogP contribution in [0.25, 0.3) is 0 Å². The minimum atomic E-state index is -1.83. The number of fused-ring (bicyclic) bond motifs is 1. The number of benzene rings is 2. The molecule has 2 N–H and O–H groups in total. The largest absolute Gasteiger partial charge is 0.503 e. The van der Waals surface area contributed by atoms with Crippen LogP contribution < -0.4 is 14.2 Å². The van der Waals surface area contributed by atoms with E-state index in [2.05, 4.69) is 42.2 Å². The second-order valence-corrected chi connectivity index (χ2v) is 11.6. The molecule has 1 aliphatic carbocycles. The summed E-state index contributed by atoms with van der Waals surface area (Å²) in [6.45, 7) is 5.51. The number of carbonyl (C=O) groups excluding carboxylic acids is 2. The maximum atomic E-state index is 12.1. The lowest BCUT2D eigenvalue weighted by atomic mass is 9.88. The fourth-order valence-electron chi connectivity index (χ4n) is 6.42. The molecular formula is C33H45N3O8. The van der Waals surface area contributed by atoms with Crippen molar-refractivity contribution in [3.63, 3.8) is 0 Å². The fourth-order valence-corrected chi connectivity index (χ4v) is 6.42. The van der Waals surface area contributed by atoms with Gasteiger partial charge >= 0.3 is 12.2 Å². The summed E-state index contributed by atoms with van der Waals surface area (Å²) in [5.74, 6) is 2.83. The number of ether oxygens (including phenoxy) is 3. The molecule has 2 aliphatic heterocycles. The van der Waals surface area contributed by atoms with Gasteiger partial charge in [0.2, 0.25) is 5.91 Å². The van der Waals surface area contributed by atoms with Gasteiger partial charge in [-0.15, -0.1) is 0 Å². The van der Waals surface area contributed by atoms with Gasteiger partial charge in [-0.25, -0.2) is 9.59 Å².